The van der Waals surface area contributed by atoms with E-state index >= 15 is 0 Å². The fourth-order valence-electron chi connectivity index (χ4n) is 2.49. The van der Waals surface area contributed by atoms with E-state index in [1.807, 2.05) is 0 Å². The molecule has 1 unspecified atom stereocenters. The number of aliphatic hydroxyl groups is 1. The Morgan fingerprint density at radius 2 is 1.96 bits per heavy atom. The molecule has 0 bridgehead atoms. The summed E-state index contributed by atoms with van der Waals surface area (Å²) in [7, 11) is 1.12. The van der Waals surface area contributed by atoms with Crippen molar-refractivity contribution in [3.63, 3.8) is 0 Å². The second kappa shape index (κ2) is 5.99. The fourth-order valence-corrected chi connectivity index (χ4v) is 2.64. The lowest BCUT2D eigenvalue weighted by Gasteiger charge is -2.25. The molecule has 1 aliphatic rings. The van der Waals surface area contributed by atoms with Crippen molar-refractivity contribution in [1.29, 1.82) is 0 Å². The zero-order valence-electron chi connectivity index (χ0n) is 12.6. The standard InChI is InChI=1S/C14H13ClF2N2O5/c1-14(24)5-10(19(12(14)21)13(22)23)11(20)18(2)9-3-6(15)7(16)4-8(9)17/h3-4,10,24H,5H2,1-2H3,(H,22,23)/t10?,14-/m0/s1. The molecule has 24 heavy (non-hydrogen) atoms. The molecule has 7 nitrogen and oxygen atoms in total. The number of hydrogen-bond acceptors (Lipinski definition) is 4. The smallest absolute Gasteiger partial charge is 0.414 e. The molecule has 0 aromatic heterocycles. The highest BCUT2D eigenvalue weighted by Gasteiger charge is 2.53. The summed E-state index contributed by atoms with van der Waals surface area (Å²) in [6.45, 7) is 1.08. The lowest BCUT2D eigenvalue weighted by molar-refractivity contribution is -0.141. The Morgan fingerprint density at radius 1 is 1.38 bits per heavy atom. The number of likely N-dealkylation sites (tertiary alicyclic amines) is 1. The zero-order chi connectivity index (χ0) is 18.4. The van der Waals surface area contributed by atoms with Gasteiger partial charge in [-0.2, -0.15) is 0 Å². The van der Waals surface area contributed by atoms with Gasteiger partial charge in [-0.15, -0.1) is 0 Å². The van der Waals surface area contributed by atoms with Crippen LogP contribution in [0.15, 0.2) is 12.1 Å². The van der Waals surface area contributed by atoms with Crippen molar-refractivity contribution in [3.8, 4) is 0 Å². The maximum Gasteiger partial charge on any atom is 0.414 e. The van der Waals surface area contributed by atoms with E-state index in [1.54, 1.807) is 0 Å². The molecule has 1 aromatic carbocycles. The summed E-state index contributed by atoms with van der Waals surface area (Å²) < 4.78 is 27.1. The Kier molecular flexibility index (Phi) is 4.51. The highest BCUT2D eigenvalue weighted by molar-refractivity contribution is 6.31. The van der Waals surface area contributed by atoms with E-state index in [2.05, 4.69) is 0 Å². The van der Waals surface area contributed by atoms with Gasteiger partial charge < -0.3 is 15.1 Å². The topological polar surface area (TPSA) is 98.2 Å². The number of halogens is 3. The molecule has 1 aromatic rings. The molecule has 2 N–H and O–H groups in total. The first-order valence-corrected chi connectivity index (χ1v) is 7.06. The molecule has 2 atom stereocenters. The Balaban J connectivity index is 2.39. The van der Waals surface area contributed by atoms with Gasteiger partial charge in [0.1, 0.15) is 23.3 Å². The van der Waals surface area contributed by atoms with E-state index in [9.17, 15) is 28.3 Å². The summed E-state index contributed by atoms with van der Waals surface area (Å²) in [5, 5.41) is 18.6. The van der Waals surface area contributed by atoms with Crippen molar-refractivity contribution in [3.05, 3.63) is 28.8 Å². The molecule has 1 heterocycles. The second-order valence-corrected chi connectivity index (χ2v) is 5.97. The van der Waals surface area contributed by atoms with Crippen LogP contribution in [0.5, 0.6) is 0 Å². The average molecular weight is 363 g/mol. The molecule has 0 aliphatic carbocycles. The predicted molar refractivity (Wildman–Crippen MR) is 78.7 cm³/mol. The van der Waals surface area contributed by atoms with Crippen LogP contribution in [0.1, 0.15) is 13.3 Å². The molecule has 0 saturated carbocycles. The SMILES string of the molecule is CN(C(=O)C1C[C@](C)(O)C(=O)N1C(=O)O)c1cc(Cl)c(F)cc1F. The lowest BCUT2D eigenvalue weighted by atomic mass is 10.0. The van der Waals surface area contributed by atoms with Gasteiger partial charge in [-0.05, 0) is 13.0 Å². The number of benzene rings is 1. The van der Waals surface area contributed by atoms with Gasteiger partial charge in [-0.3, -0.25) is 9.59 Å². The van der Waals surface area contributed by atoms with Crippen molar-refractivity contribution >= 4 is 35.2 Å². The van der Waals surface area contributed by atoms with Gasteiger partial charge in [0.05, 0.1) is 10.7 Å². The molecule has 1 aliphatic heterocycles. The molecule has 2 rings (SSSR count). The minimum Gasteiger partial charge on any atom is -0.465 e. The Hall–Kier alpha value is -2.26. The van der Waals surface area contributed by atoms with Crippen LogP contribution in [0.25, 0.3) is 0 Å². The maximum atomic E-state index is 13.9. The summed E-state index contributed by atoms with van der Waals surface area (Å²) in [5.74, 6) is -4.24. The number of carbonyl (C=O) groups excluding carboxylic acids is 2. The number of anilines is 1. The van der Waals surface area contributed by atoms with Crippen molar-refractivity contribution in [1.82, 2.24) is 4.90 Å². The van der Waals surface area contributed by atoms with Gasteiger partial charge >= 0.3 is 6.09 Å². The highest BCUT2D eigenvalue weighted by Crippen LogP contribution is 2.32. The van der Waals surface area contributed by atoms with Crippen molar-refractivity contribution in [2.75, 3.05) is 11.9 Å². The van der Waals surface area contributed by atoms with E-state index in [-0.39, 0.29) is 4.90 Å². The summed E-state index contributed by atoms with van der Waals surface area (Å²) in [6.07, 6.45) is -2.21. The third-order valence-corrected chi connectivity index (χ3v) is 4.04. The molecule has 3 amide bonds. The van der Waals surface area contributed by atoms with Crippen molar-refractivity contribution in [2.45, 2.75) is 25.0 Å². The lowest BCUT2D eigenvalue weighted by Crippen LogP contribution is -2.48. The van der Waals surface area contributed by atoms with Crippen LogP contribution in [-0.4, -0.2) is 51.7 Å². The molecule has 1 saturated heterocycles. The van der Waals surface area contributed by atoms with Gasteiger partial charge in [0.15, 0.2) is 0 Å². The van der Waals surface area contributed by atoms with Crippen LogP contribution in [0.2, 0.25) is 5.02 Å². The molecule has 130 valence electrons. The first kappa shape index (κ1) is 18.1. The second-order valence-electron chi connectivity index (χ2n) is 5.57. The number of imide groups is 1. The minimum absolute atomic E-state index is 0.196. The van der Waals surface area contributed by atoms with Gasteiger partial charge in [-0.1, -0.05) is 11.6 Å². The maximum absolute atomic E-state index is 13.9. The van der Waals surface area contributed by atoms with E-state index in [1.165, 1.54) is 0 Å². The minimum atomic E-state index is -2.04. The largest absolute Gasteiger partial charge is 0.465 e. The van der Waals surface area contributed by atoms with Crippen LogP contribution >= 0.6 is 11.6 Å². The molecule has 10 heteroatoms. The normalized spacial score (nSPS) is 23.5. The quantitative estimate of drug-likeness (QED) is 0.779. The summed E-state index contributed by atoms with van der Waals surface area (Å²) in [4.78, 5) is 36.5. The van der Waals surface area contributed by atoms with Gasteiger partial charge in [-0.25, -0.2) is 18.5 Å². The number of carbonyl (C=O) groups is 3. The molecule has 0 spiro atoms. The first-order valence-electron chi connectivity index (χ1n) is 6.68. The number of hydrogen-bond donors (Lipinski definition) is 2. The molecule has 0 radical (unpaired) electrons. The monoisotopic (exact) mass is 362 g/mol. The van der Waals surface area contributed by atoms with Gasteiger partial charge in [0.25, 0.3) is 5.91 Å². The summed E-state index contributed by atoms with van der Waals surface area (Å²) in [5.41, 5.74) is -2.44. The number of carboxylic acid groups (broad SMARTS) is 1. The van der Waals surface area contributed by atoms with Crippen molar-refractivity contribution in [2.24, 2.45) is 0 Å². The number of nitrogens with zero attached hydrogens (tertiary/aromatic N) is 2. The predicted octanol–water partition coefficient (Wildman–Crippen LogP) is 1.61. The number of rotatable bonds is 2. The molecular formula is C14H13ClF2N2O5. The first-order chi connectivity index (χ1) is 11.0. The van der Waals surface area contributed by atoms with E-state index < -0.39 is 58.3 Å². The van der Waals surface area contributed by atoms with Crippen molar-refractivity contribution < 1.29 is 33.4 Å². The van der Waals surface area contributed by atoms with Gasteiger partial charge in [0.2, 0.25) is 5.91 Å². The number of amides is 3. The van der Waals surface area contributed by atoms with Crippen LogP contribution in [0.4, 0.5) is 19.3 Å². The fraction of sp³-hybridized carbons (Fsp3) is 0.357. The highest BCUT2D eigenvalue weighted by atomic mass is 35.5. The van der Waals surface area contributed by atoms with Crippen LogP contribution in [0, 0.1) is 11.6 Å². The Morgan fingerprint density at radius 3 is 2.50 bits per heavy atom. The van der Waals surface area contributed by atoms with Crippen LogP contribution in [-0.2, 0) is 9.59 Å². The number of likely N-dealkylation sites (N-methyl/N-ethyl adjacent to an activating group) is 1. The van der Waals surface area contributed by atoms with E-state index in [0.717, 1.165) is 24.9 Å². The van der Waals surface area contributed by atoms with Crippen LogP contribution < -0.4 is 4.90 Å². The molecule has 1 fully saturated rings. The molecular weight excluding hydrogens is 350 g/mol. The Labute approximate surface area is 140 Å². The summed E-state index contributed by atoms with van der Waals surface area (Å²) in [6, 6.07) is -0.200. The van der Waals surface area contributed by atoms with E-state index in [4.69, 9.17) is 16.7 Å². The summed E-state index contributed by atoms with van der Waals surface area (Å²) >= 11 is 5.56. The third-order valence-electron chi connectivity index (χ3n) is 3.75. The average Bonchev–Trinajstić information content (AvgIpc) is 2.72. The zero-order valence-corrected chi connectivity index (χ0v) is 13.3. The van der Waals surface area contributed by atoms with Crippen LogP contribution in [0.3, 0.4) is 0 Å². The third kappa shape index (κ3) is 2.92. The Bertz CT molecular complexity index is 740. The van der Waals surface area contributed by atoms with Gasteiger partial charge in [0, 0.05) is 19.5 Å². The van der Waals surface area contributed by atoms with E-state index in [0.29, 0.717) is 6.07 Å².